The number of carbonyl (C=O) groups excluding carboxylic acids is 1. The molecular weight excluding hydrogens is 636 g/mol. The Kier molecular flexibility index (Phi) is 9.78. The smallest absolute Gasteiger partial charge is 0.338 e. The van der Waals surface area contributed by atoms with Crippen molar-refractivity contribution < 1.29 is 68.6 Å². The maximum absolute atomic E-state index is 12.7. The van der Waals surface area contributed by atoms with Crippen LogP contribution in [0.5, 0.6) is 5.75 Å². The molecular formula is C33H34O15. The minimum atomic E-state index is -1.81. The van der Waals surface area contributed by atoms with Gasteiger partial charge in [0.05, 0.1) is 25.9 Å². The number of methoxy groups -OCH3 is 1. The third-order valence-electron chi connectivity index (χ3n) is 8.48. The number of aliphatic hydroxyl groups is 7. The van der Waals surface area contributed by atoms with E-state index in [2.05, 4.69) is 0 Å². The molecule has 48 heavy (non-hydrogen) atoms. The molecule has 0 spiro atoms. The first kappa shape index (κ1) is 33.9. The Morgan fingerprint density at radius 2 is 1.48 bits per heavy atom. The summed E-state index contributed by atoms with van der Waals surface area (Å²) in [7, 11) is 1.27. The molecule has 0 radical (unpaired) electrons. The van der Waals surface area contributed by atoms with E-state index in [1.807, 2.05) is 0 Å². The Morgan fingerprint density at radius 3 is 2.21 bits per heavy atom. The van der Waals surface area contributed by atoms with Crippen LogP contribution in [-0.4, -0.2) is 123 Å². The molecule has 0 bridgehead atoms. The molecule has 15 nitrogen and oxygen atoms in total. The van der Waals surface area contributed by atoms with Crippen LogP contribution >= 0.6 is 0 Å². The topological polar surface area (TPSA) is 235 Å². The summed E-state index contributed by atoms with van der Waals surface area (Å²) in [5.41, 5.74) is 1.85. The van der Waals surface area contributed by atoms with Crippen LogP contribution < -0.4 is 10.2 Å². The fraction of sp³-hybridized carbons (Fsp3) is 0.394. The second kappa shape index (κ2) is 13.9. The first-order chi connectivity index (χ1) is 23.1. The van der Waals surface area contributed by atoms with E-state index < -0.39 is 80.6 Å². The third-order valence-corrected chi connectivity index (χ3v) is 8.48. The van der Waals surface area contributed by atoms with E-state index in [4.69, 9.17) is 28.1 Å². The zero-order valence-electron chi connectivity index (χ0n) is 25.4. The first-order valence-corrected chi connectivity index (χ1v) is 15.0. The summed E-state index contributed by atoms with van der Waals surface area (Å²) in [6.45, 7) is -1.47. The molecule has 7 N–H and O–H groups in total. The molecule has 4 aliphatic rings. The predicted molar refractivity (Wildman–Crippen MR) is 163 cm³/mol. The van der Waals surface area contributed by atoms with Gasteiger partial charge in [0.1, 0.15) is 65.9 Å². The van der Waals surface area contributed by atoms with E-state index in [1.54, 1.807) is 36.4 Å². The van der Waals surface area contributed by atoms with Crippen LogP contribution in [0.2, 0.25) is 0 Å². The lowest BCUT2D eigenvalue weighted by Crippen LogP contribution is -2.65. The van der Waals surface area contributed by atoms with Crippen molar-refractivity contribution in [2.75, 3.05) is 20.3 Å². The average molecular weight is 671 g/mol. The van der Waals surface area contributed by atoms with Crippen molar-refractivity contribution in [2.24, 2.45) is 0 Å². The highest BCUT2D eigenvalue weighted by molar-refractivity contribution is 6.07. The minimum Gasteiger partial charge on any atom is -0.465 e. The van der Waals surface area contributed by atoms with E-state index in [0.29, 0.717) is 22.1 Å². The number of rotatable bonds is 8. The van der Waals surface area contributed by atoms with E-state index in [1.165, 1.54) is 31.4 Å². The Hall–Kier alpha value is -4.00. The van der Waals surface area contributed by atoms with E-state index in [0.717, 1.165) is 0 Å². The standard InChI is InChI=1S/C33H34O15/c1-43-31(42)17-5-3-2-4-16(17)24-18-8-6-14(36)10-20(18)45-21-11-15(7-9-19(21)24)44-32-29(41)27(39)30(23(13-35)47-32)48-33-28(40)26(38)25(37)22(12-34)46-33/h2-11,22-23,25-30,32-35,37-41H,12-13H2,1H3/t22-,23-,25-,26+,27-,28-,29-,30-,32-,33+/m1/s1. The van der Waals surface area contributed by atoms with Gasteiger partial charge in [-0.15, -0.1) is 0 Å². The lowest BCUT2D eigenvalue weighted by atomic mass is 9.91. The molecule has 0 amide bonds. The number of carbonyl (C=O) groups is 1. The van der Waals surface area contributed by atoms with Gasteiger partial charge in [-0.3, -0.25) is 4.79 Å². The van der Waals surface area contributed by atoms with Crippen LogP contribution in [0, 0.1) is 0 Å². The SMILES string of the molecule is COC(=O)c1ccccc1-c1c2ccc(=O)cc-2oc2cc(O[C@@H]3O[C@H](CO)[C@@H](O[C@@H]4O[C@H](CO)[C@@H](O)[C@H](O)[C@H]4O)[C@H](O)[C@H]3O)ccc12. The number of fused-ring (bicyclic) bond motifs is 2. The van der Waals surface area contributed by atoms with Crippen molar-refractivity contribution in [3.63, 3.8) is 0 Å². The van der Waals surface area contributed by atoms with Crippen LogP contribution in [0.1, 0.15) is 10.4 Å². The summed E-state index contributed by atoms with van der Waals surface area (Å²) in [5.74, 6) is -0.251. The van der Waals surface area contributed by atoms with Gasteiger partial charge < -0.3 is 63.8 Å². The maximum atomic E-state index is 12.7. The van der Waals surface area contributed by atoms with Gasteiger partial charge in [-0.05, 0) is 35.9 Å². The largest absolute Gasteiger partial charge is 0.465 e. The number of hydrogen-bond acceptors (Lipinski definition) is 15. The highest BCUT2D eigenvalue weighted by Crippen LogP contribution is 2.42. The number of hydrogen-bond donors (Lipinski definition) is 7. The third kappa shape index (κ3) is 6.17. The zero-order valence-corrected chi connectivity index (χ0v) is 25.4. The Morgan fingerprint density at radius 1 is 0.771 bits per heavy atom. The van der Waals surface area contributed by atoms with Crippen LogP contribution in [0.15, 0.2) is 69.9 Å². The second-order valence-corrected chi connectivity index (χ2v) is 11.5. The number of benzene rings is 3. The lowest BCUT2D eigenvalue weighted by molar-refractivity contribution is -0.352. The normalized spacial score (nSPS) is 30.8. The summed E-state index contributed by atoms with van der Waals surface area (Å²) in [6, 6.07) is 15.7. The molecule has 1 aliphatic carbocycles. The minimum absolute atomic E-state index is 0.0947. The number of ether oxygens (including phenoxy) is 5. The molecule has 0 unspecified atom stereocenters. The number of aliphatic hydroxyl groups excluding tert-OH is 7. The Bertz CT molecular complexity index is 1790. The van der Waals surface area contributed by atoms with E-state index in [-0.39, 0.29) is 28.1 Å². The second-order valence-electron chi connectivity index (χ2n) is 11.5. The summed E-state index contributed by atoms with van der Waals surface area (Å²) in [4.78, 5) is 24.9. The van der Waals surface area contributed by atoms with Gasteiger partial charge in [0, 0.05) is 28.6 Å². The molecule has 2 fully saturated rings. The molecule has 3 aliphatic heterocycles. The molecule has 15 heteroatoms. The van der Waals surface area contributed by atoms with Gasteiger partial charge in [0.2, 0.25) is 6.29 Å². The monoisotopic (exact) mass is 670 g/mol. The molecule has 10 atom stereocenters. The van der Waals surface area contributed by atoms with Gasteiger partial charge in [-0.2, -0.15) is 0 Å². The zero-order chi connectivity index (χ0) is 34.3. The summed E-state index contributed by atoms with van der Waals surface area (Å²) in [6.07, 6.45) is -16.2. The van der Waals surface area contributed by atoms with E-state index >= 15 is 0 Å². The van der Waals surface area contributed by atoms with Crippen molar-refractivity contribution in [1.82, 2.24) is 0 Å². The van der Waals surface area contributed by atoms with Crippen molar-refractivity contribution in [3.05, 3.63) is 76.5 Å². The molecule has 6 rings (SSSR count). The highest BCUT2D eigenvalue weighted by Gasteiger charge is 2.51. The fourth-order valence-corrected chi connectivity index (χ4v) is 5.99. The summed E-state index contributed by atoms with van der Waals surface area (Å²) >= 11 is 0. The van der Waals surface area contributed by atoms with Gasteiger partial charge >= 0.3 is 5.97 Å². The van der Waals surface area contributed by atoms with Crippen LogP contribution in [0.4, 0.5) is 0 Å². The quantitative estimate of drug-likeness (QED) is 0.0912. The Labute approximate surface area is 272 Å². The van der Waals surface area contributed by atoms with Gasteiger partial charge in [0.15, 0.2) is 11.7 Å². The van der Waals surface area contributed by atoms with Crippen LogP contribution in [0.3, 0.4) is 0 Å². The maximum Gasteiger partial charge on any atom is 0.338 e. The molecule has 0 saturated carbocycles. The molecule has 256 valence electrons. The average Bonchev–Trinajstić information content (AvgIpc) is 3.09. The van der Waals surface area contributed by atoms with Crippen molar-refractivity contribution in [3.8, 4) is 28.2 Å². The van der Waals surface area contributed by atoms with Gasteiger partial charge in [-0.25, -0.2) is 4.79 Å². The van der Waals surface area contributed by atoms with E-state index in [9.17, 15) is 45.3 Å². The molecule has 0 aromatic heterocycles. The number of esters is 1. The predicted octanol–water partition coefficient (Wildman–Crippen LogP) is -0.646. The first-order valence-electron chi connectivity index (χ1n) is 15.0. The fourth-order valence-electron chi connectivity index (χ4n) is 5.99. The molecule has 3 heterocycles. The molecule has 2 saturated heterocycles. The lowest BCUT2D eigenvalue weighted by Gasteiger charge is -2.45. The van der Waals surface area contributed by atoms with Crippen molar-refractivity contribution in [2.45, 2.75) is 61.4 Å². The molecule has 2 aromatic rings. The van der Waals surface area contributed by atoms with Gasteiger partial charge in [0.25, 0.3) is 0 Å². The molecule has 2 aromatic carbocycles. The van der Waals surface area contributed by atoms with Crippen molar-refractivity contribution >= 4 is 16.9 Å². The van der Waals surface area contributed by atoms with Crippen LogP contribution in [0.25, 0.3) is 33.4 Å². The Balaban J connectivity index is 1.30. The van der Waals surface area contributed by atoms with Crippen LogP contribution in [-0.2, 0) is 18.9 Å². The summed E-state index contributed by atoms with van der Waals surface area (Å²) < 4.78 is 33.6. The van der Waals surface area contributed by atoms with Crippen molar-refractivity contribution in [1.29, 1.82) is 0 Å². The van der Waals surface area contributed by atoms with Gasteiger partial charge in [-0.1, -0.05) is 18.2 Å². The highest BCUT2D eigenvalue weighted by atomic mass is 16.7. The summed E-state index contributed by atoms with van der Waals surface area (Å²) in [5, 5.41) is 72.5.